The van der Waals surface area contributed by atoms with Gasteiger partial charge in [-0.3, -0.25) is 4.79 Å². The lowest BCUT2D eigenvalue weighted by Crippen LogP contribution is -2.34. The van der Waals surface area contributed by atoms with Gasteiger partial charge in [-0.25, -0.2) is 0 Å². The van der Waals surface area contributed by atoms with E-state index >= 15 is 0 Å². The number of carbonyl (C=O) groups is 1. The fourth-order valence-electron chi connectivity index (χ4n) is 1.23. The van der Waals surface area contributed by atoms with Gasteiger partial charge in [-0.05, 0) is 19.1 Å². The summed E-state index contributed by atoms with van der Waals surface area (Å²) in [5.41, 5.74) is 6.31. The third kappa shape index (κ3) is 3.61. The van der Waals surface area contributed by atoms with Crippen molar-refractivity contribution in [3.05, 3.63) is 23.2 Å². The number of hydrogen-bond donors (Lipinski definition) is 2. The molecule has 2 unspecified atom stereocenters. The van der Waals surface area contributed by atoms with Crippen LogP contribution in [0.15, 0.2) is 18.2 Å². The van der Waals surface area contributed by atoms with E-state index < -0.39 is 0 Å². The van der Waals surface area contributed by atoms with Crippen LogP contribution in [-0.4, -0.2) is 19.1 Å². The SMILES string of the molecule is COc1cc(NC(=O)C(C)C(C)N)ccc1Cl. The van der Waals surface area contributed by atoms with Crippen LogP contribution in [0.3, 0.4) is 0 Å². The van der Waals surface area contributed by atoms with Crippen molar-refractivity contribution in [1.29, 1.82) is 0 Å². The van der Waals surface area contributed by atoms with Crippen LogP contribution in [0.2, 0.25) is 5.02 Å². The molecule has 0 aliphatic rings. The summed E-state index contributed by atoms with van der Waals surface area (Å²) in [5.74, 6) is 0.152. The average Bonchev–Trinajstić information content (AvgIpc) is 2.30. The molecule has 94 valence electrons. The zero-order valence-corrected chi connectivity index (χ0v) is 10.9. The van der Waals surface area contributed by atoms with Crippen LogP contribution in [0.5, 0.6) is 5.75 Å². The quantitative estimate of drug-likeness (QED) is 0.869. The normalized spacial score (nSPS) is 13.9. The first-order chi connectivity index (χ1) is 7.95. The number of ether oxygens (including phenoxy) is 1. The van der Waals surface area contributed by atoms with Gasteiger partial charge in [-0.15, -0.1) is 0 Å². The molecule has 1 aromatic rings. The number of carbonyl (C=O) groups excluding carboxylic acids is 1. The van der Waals surface area contributed by atoms with E-state index in [0.717, 1.165) is 0 Å². The van der Waals surface area contributed by atoms with Gasteiger partial charge in [0.1, 0.15) is 5.75 Å². The molecule has 0 radical (unpaired) electrons. The number of hydrogen-bond acceptors (Lipinski definition) is 3. The molecule has 0 aliphatic heterocycles. The molecular formula is C12H17ClN2O2. The predicted molar refractivity (Wildman–Crippen MR) is 69.4 cm³/mol. The lowest BCUT2D eigenvalue weighted by Gasteiger charge is -2.15. The van der Waals surface area contributed by atoms with Crippen LogP contribution < -0.4 is 15.8 Å². The number of amides is 1. The molecule has 5 heteroatoms. The van der Waals surface area contributed by atoms with Gasteiger partial charge in [0.05, 0.1) is 18.1 Å². The highest BCUT2D eigenvalue weighted by atomic mass is 35.5. The summed E-state index contributed by atoms with van der Waals surface area (Å²) in [6, 6.07) is 4.88. The number of rotatable bonds is 4. The third-order valence-corrected chi connectivity index (χ3v) is 2.93. The standard InChI is InChI=1S/C12H17ClN2O2/c1-7(8(2)14)12(16)15-9-4-5-10(13)11(6-9)17-3/h4-8H,14H2,1-3H3,(H,15,16). The maximum absolute atomic E-state index is 11.8. The monoisotopic (exact) mass is 256 g/mol. The molecule has 0 spiro atoms. The van der Waals surface area contributed by atoms with Gasteiger partial charge >= 0.3 is 0 Å². The maximum atomic E-state index is 11.8. The molecule has 2 atom stereocenters. The fourth-order valence-corrected chi connectivity index (χ4v) is 1.43. The van der Waals surface area contributed by atoms with Crippen LogP contribution in [0.1, 0.15) is 13.8 Å². The molecule has 0 fully saturated rings. The Labute approximate surface area is 106 Å². The van der Waals surface area contributed by atoms with Crippen LogP contribution in [0.4, 0.5) is 5.69 Å². The molecular weight excluding hydrogens is 240 g/mol. The molecule has 1 aromatic carbocycles. The van der Waals surface area contributed by atoms with Gasteiger partial charge in [-0.1, -0.05) is 18.5 Å². The minimum Gasteiger partial charge on any atom is -0.495 e. The molecule has 0 saturated heterocycles. The minimum atomic E-state index is -0.253. The highest BCUT2D eigenvalue weighted by molar-refractivity contribution is 6.32. The van der Waals surface area contributed by atoms with Crippen molar-refractivity contribution >= 4 is 23.2 Å². The Bertz CT molecular complexity index is 407. The van der Waals surface area contributed by atoms with Crippen LogP contribution in [0, 0.1) is 5.92 Å². The Morgan fingerprint density at radius 2 is 2.12 bits per heavy atom. The van der Waals surface area contributed by atoms with Crippen LogP contribution >= 0.6 is 11.6 Å². The van der Waals surface area contributed by atoms with Crippen molar-refractivity contribution in [1.82, 2.24) is 0 Å². The summed E-state index contributed by atoms with van der Waals surface area (Å²) in [6.07, 6.45) is 0. The highest BCUT2D eigenvalue weighted by Gasteiger charge is 2.17. The second-order valence-corrected chi connectivity index (χ2v) is 4.39. The summed E-state index contributed by atoms with van der Waals surface area (Å²) >= 11 is 5.89. The molecule has 0 aromatic heterocycles. The van der Waals surface area contributed by atoms with Gasteiger partial charge in [0.25, 0.3) is 0 Å². The Kier molecular flexibility index (Phi) is 4.78. The second-order valence-electron chi connectivity index (χ2n) is 3.99. The Morgan fingerprint density at radius 1 is 1.47 bits per heavy atom. The zero-order valence-electron chi connectivity index (χ0n) is 10.2. The van der Waals surface area contributed by atoms with Crippen LogP contribution in [-0.2, 0) is 4.79 Å². The van der Waals surface area contributed by atoms with Crippen molar-refractivity contribution < 1.29 is 9.53 Å². The summed E-state index contributed by atoms with van der Waals surface area (Å²) in [4.78, 5) is 11.8. The van der Waals surface area contributed by atoms with Crippen molar-refractivity contribution in [2.24, 2.45) is 11.7 Å². The Hall–Kier alpha value is -1.26. The summed E-state index contributed by atoms with van der Waals surface area (Å²) in [6.45, 7) is 3.58. The van der Waals surface area contributed by atoms with E-state index in [2.05, 4.69) is 5.32 Å². The number of anilines is 1. The van der Waals surface area contributed by atoms with Gasteiger partial charge < -0.3 is 15.8 Å². The van der Waals surface area contributed by atoms with E-state index in [1.165, 1.54) is 7.11 Å². The summed E-state index contributed by atoms with van der Waals surface area (Å²) < 4.78 is 5.07. The van der Waals surface area contributed by atoms with Gasteiger partial charge in [0.15, 0.2) is 0 Å². The molecule has 0 aliphatic carbocycles. The molecule has 4 nitrogen and oxygen atoms in total. The number of halogens is 1. The first-order valence-electron chi connectivity index (χ1n) is 5.35. The van der Waals surface area contributed by atoms with Gasteiger partial charge in [-0.2, -0.15) is 0 Å². The molecule has 1 rings (SSSR count). The van der Waals surface area contributed by atoms with E-state index in [-0.39, 0.29) is 17.9 Å². The average molecular weight is 257 g/mol. The maximum Gasteiger partial charge on any atom is 0.228 e. The molecule has 1 amide bonds. The van der Waals surface area contributed by atoms with E-state index in [1.807, 2.05) is 0 Å². The molecule has 0 heterocycles. The lowest BCUT2D eigenvalue weighted by atomic mass is 10.0. The largest absolute Gasteiger partial charge is 0.495 e. The third-order valence-electron chi connectivity index (χ3n) is 2.62. The van der Waals surface area contributed by atoms with E-state index in [4.69, 9.17) is 22.1 Å². The topological polar surface area (TPSA) is 64.3 Å². The Balaban J connectivity index is 2.78. The second kappa shape index (κ2) is 5.89. The highest BCUT2D eigenvalue weighted by Crippen LogP contribution is 2.27. The molecule has 3 N–H and O–H groups in total. The fraction of sp³-hybridized carbons (Fsp3) is 0.417. The van der Waals surface area contributed by atoms with Crippen molar-refractivity contribution in [2.75, 3.05) is 12.4 Å². The Morgan fingerprint density at radius 3 is 2.65 bits per heavy atom. The molecule has 17 heavy (non-hydrogen) atoms. The minimum absolute atomic E-state index is 0.121. The number of benzene rings is 1. The van der Waals surface area contributed by atoms with E-state index in [9.17, 15) is 4.79 Å². The first kappa shape index (κ1) is 13.8. The van der Waals surface area contributed by atoms with Gasteiger partial charge in [0.2, 0.25) is 5.91 Å². The zero-order chi connectivity index (χ0) is 13.0. The van der Waals surface area contributed by atoms with Crippen molar-refractivity contribution in [3.63, 3.8) is 0 Å². The molecule has 0 bridgehead atoms. The summed E-state index contributed by atoms with van der Waals surface area (Å²) in [7, 11) is 1.53. The van der Waals surface area contributed by atoms with E-state index in [0.29, 0.717) is 16.5 Å². The van der Waals surface area contributed by atoms with E-state index in [1.54, 1.807) is 32.0 Å². The van der Waals surface area contributed by atoms with Crippen molar-refractivity contribution in [2.45, 2.75) is 19.9 Å². The first-order valence-corrected chi connectivity index (χ1v) is 5.73. The van der Waals surface area contributed by atoms with Gasteiger partial charge in [0, 0.05) is 17.8 Å². The summed E-state index contributed by atoms with van der Waals surface area (Å²) in [5, 5.41) is 3.27. The number of nitrogens with one attached hydrogen (secondary N) is 1. The van der Waals surface area contributed by atoms with Crippen molar-refractivity contribution in [3.8, 4) is 5.75 Å². The van der Waals surface area contributed by atoms with Crippen LogP contribution in [0.25, 0.3) is 0 Å². The lowest BCUT2D eigenvalue weighted by molar-refractivity contribution is -0.119. The predicted octanol–water partition coefficient (Wildman–Crippen LogP) is 2.27. The number of nitrogens with two attached hydrogens (primary N) is 1. The smallest absolute Gasteiger partial charge is 0.228 e. The molecule has 0 saturated carbocycles. The number of methoxy groups -OCH3 is 1.